The molecule has 4 N–H and O–H groups in total. The van der Waals surface area contributed by atoms with Gasteiger partial charge in [-0.05, 0) is 31.5 Å². The molecule has 2 heterocycles. The van der Waals surface area contributed by atoms with Crippen molar-refractivity contribution in [2.45, 2.75) is 40.2 Å². The van der Waals surface area contributed by atoms with Gasteiger partial charge in [0, 0.05) is 29.4 Å². The van der Waals surface area contributed by atoms with E-state index in [1.54, 1.807) is 33.8 Å². The average Bonchev–Trinajstić information content (AvgIpc) is 3.27. The Morgan fingerprint density at radius 3 is 2.47 bits per heavy atom. The molecule has 0 aliphatic heterocycles. The van der Waals surface area contributed by atoms with Crippen molar-refractivity contribution in [1.29, 1.82) is 0 Å². The Labute approximate surface area is 174 Å². The fraction of sp³-hybridized carbons (Fsp3) is 0.318. The first-order valence-electron chi connectivity index (χ1n) is 9.79. The number of fused-ring (bicyclic) bond motifs is 1. The lowest BCUT2D eigenvalue weighted by Gasteiger charge is -2.19. The van der Waals surface area contributed by atoms with Crippen molar-refractivity contribution in [2.24, 2.45) is 5.92 Å². The maximum atomic E-state index is 12.8. The van der Waals surface area contributed by atoms with Crippen molar-refractivity contribution in [2.75, 3.05) is 0 Å². The molecule has 2 aromatic heterocycles. The Bertz CT molecular complexity index is 1080. The quantitative estimate of drug-likeness (QED) is 0.467. The maximum absolute atomic E-state index is 12.8. The second-order valence-electron chi connectivity index (χ2n) is 7.55. The summed E-state index contributed by atoms with van der Waals surface area (Å²) in [7, 11) is 0. The zero-order chi connectivity index (χ0) is 21.8. The third-order valence-corrected chi connectivity index (χ3v) is 4.84. The van der Waals surface area contributed by atoms with Crippen molar-refractivity contribution in [3.05, 3.63) is 59.2 Å². The largest absolute Gasteiger partial charge is 0.466 e. The fourth-order valence-electron chi connectivity index (χ4n) is 3.20. The van der Waals surface area contributed by atoms with Crippen LogP contribution in [-0.4, -0.2) is 28.7 Å². The summed E-state index contributed by atoms with van der Waals surface area (Å²) >= 11 is 0. The molecule has 0 spiro atoms. The molecule has 8 nitrogen and oxygen atoms in total. The highest BCUT2D eigenvalue weighted by Gasteiger charge is 2.24. The Morgan fingerprint density at radius 1 is 1.07 bits per heavy atom. The van der Waals surface area contributed by atoms with E-state index < -0.39 is 17.9 Å². The van der Waals surface area contributed by atoms with Crippen LogP contribution in [-0.2, 0) is 16.0 Å². The predicted octanol–water partition coefficient (Wildman–Crippen LogP) is 2.52. The summed E-state index contributed by atoms with van der Waals surface area (Å²) in [6.45, 7) is 6.91. The van der Waals surface area contributed by atoms with Gasteiger partial charge in [-0.15, -0.1) is 0 Å². The first-order chi connectivity index (χ1) is 14.3. The Hall–Kier alpha value is -3.55. The van der Waals surface area contributed by atoms with Gasteiger partial charge in [0.15, 0.2) is 0 Å². The van der Waals surface area contributed by atoms with Crippen LogP contribution in [0, 0.1) is 19.8 Å². The Morgan fingerprint density at radius 2 is 1.80 bits per heavy atom. The van der Waals surface area contributed by atoms with Crippen molar-refractivity contribution >= 4 is 28.6 Å². The van der Waals surface area contributed by atoms with Crippen LogP contribution >= 0.6 is 0 Å². The molecule has 1 aromatic carbocycles. The number of aromatic nitrogens is 1. The van der Waals surface area contributed by atoms with Crippen LogP contribution in [0.4, 0.5) is 0 Å². The molecule has 0 fully saturated rings. The maximum Gasteiger partial charge on any atom is 0.273 e. The third kappa shape index (κ3) is 4.71. The number of hydrogen-bond acceptors (Lipinski definition) is 4. The number of para-hydroxylation sites is 1. The van der Waals surface area contributed by atoms with Crippen LogP contribution in [0.3, 0.4) is 0 Å². The number of amides is 3. The zero-order valence-electron chi connectivity index (χ0n) is 17.5. The highest BCUT2D eigenvalue weighted by Crippen LogP contribution is 2.19. The normalized spacial score (nSPS) is 12.0. The summed E-state index contributed by atoms with van der Waals surface area (Å²) in [5.74, 6) is -0.468. The van der Waals surface area contributed by atoms with Gasteiger partial charge in [-0.2, -0.15) is 0 Å². The lowest BCUT2D eigenvalue weighted by molar-refractivity contribution is -0.130. The number of benzene rings is 1. The van der Waals surface area contributed by atoms with Gasteiger partial charge >= 0.3 is 0 Å². The number of aromatic amines is 1. The molecule has 0 aliphatic rings. The standard InChI is InChI=1S/C22H26N4O4/c1-12(2)20(27)24-19(10-15-11-23-18-8-6-5-7-16(15)18)22(29)26-25-21(28)17-9-13(3)30-14(17)4/h5-9,11-12,19,23H,10H2,1-4H3,(H,24,27)(H,25,28)(H,26,29). The van der Waals surface area contributed by atoms with Gasteiger partial charge in [0.25, 0.3) is 11.8 Å². The molecule has 3 amide bonds. The highest BCUT2D eigenvalue weighted by molar-refractivity contribution is 5.97. The van der Waals surface area contributed by atoms with E-state index in [1.165, 1.54) is 0 Å². The topological polar surface area (TPSA) is 116 Å². The fourth-order valence-corrected chi connectivity index (χ4v) is 3.20. The monoisotopic (exact) mass is 410 g/mol. The van der Waals surface area contributed by atoms with Crippen molar-refractivity contribution in [3.8, 4) is 0 Å². The van der Waals surface area contributed by atoms with E-state index in [9.17, 15) is 14.4 Å². The summed E-state index contributed by atoms with van der Waals surface area (Å²) in [6, 6.07) is 8.47. The smallest absolute Gasteiger partial charge is 0.273 e. The number of hydrazine groups is 1. The molecule has 0 radical (unpaired) electrons. The molecule has 0 aliphatic carbocycles. The molecular formula is C22H26N4O4. The minimum Gasteiger partial charge on any atom is -0.466 e. The molecule has 0 saturated carbocycles. The Balaban J connectivity index is 1.74. The van der Waals surface area contributed by atoms with Crippen molar-refractivity contribution in [3.63, 3.8) is 0 Å². The summed E-state index contributed by atoms with van der Waals surface area (Å²) in [6.07, 6.45) is 2.09. The number of aryl methyl sites for hydroxylation is 2. The molecular weight excluding hydrogens is 384 g/mol. The molecule has 8 heteroatoms. The number of carbonyl (C=O) groups is 3. The van der Waals surface area contributed by atoms with Crippen LogP contribution < -0.4 is 16.2 Å². The molecule has 30 heavy (non-hydrogen) atoms. The van der Waals surface area contributed by atoms with Gasteiger partial charge in [-0.3, -0.25) is 25.2 Å². The zero-order valence-corrected chi connectivity index (χ0v) is 17.5. The van der Waals surface area contributed by atoms with Crippen LogP contribution in [0.15, 0.2) is 40.9 Å². The number of hydrogen-bond donors (Lipinski definition) is 4. The van der Waals surface area contributed by atoms with Gasteiger partial charge < -0.3 is 14.7 Å². The van der Waals surface area contributed by atoms with Crippen molar-refractivity contribution < 1.29 is 18.8 Å². The van der Waals surface area contributed by atoms with Gasteiger partial charge in [0.2, 0.25) is 5.91 Å². The van der Waals surface area contributed by atoms with Crippen LogP contribution in [0.25, 0.3) is 10.9 Å². The SMILES string of the molecule is Cc1cc(C(=O)NNC(=O)C(Cc2c[nH]c3ccccc23)NC(=O)C(C)C)c(C)o1. The molecule has 158 valence electrons. The van der Waals surface area contributed by atoms with Gasteiger partial charge in [-0.25, -0.2) is 0 Å². The minimum atomic E-state index is -0.855. The summed E-state index contributed by atoms with van der Waals surface area (Å²) in [5.41, 5.74) is 6.99. The number of carbonyl (C=O) groups excluding carboxylic acids is 3. The molecule has 1 atom stereocenters. The van der Waals surface area contributed by atoms with Gasteiger partial charge in [0.1, 0.15) is 17.6 Å². The number of rotatable bonds is 6. The van der Waals surface area contributed by atoms with E-state index in [4.69, 9.17) is 4.42 Å². The molecule has 3 rings (SSSR count). The lowest BCUT2D eigenvalue weighted by Crippen LogP contribution is -2.53. The highest BCUT2D eigenvalue weighted by atomic mass is 16.3. The second kappa shape index (κ2) is 8.86. The first kappa shape index (κ1) is 21.2. The second-order valence-corrected chi connectivity index (χ2v) is 7.55. The number of furan rings is 1. The number of nitrogens with one attached hydrogen (secondary N) is 4. The molecule has 0 bridgehead atoms. The van der Waals surface area contributed by atoms with Crippen LogP contribution in [0.2, 0.25) is 0 Å². The van der Waals surface area contributed by atoms with E-state index in [-0.39, 0.29) is 18.2 Å². The van der Waals surface area contributed by atoms with Gasteiger partial charge in [-0.1, -0.05) is 32.0 Å². The number of H-pyrrole nitrogens is 1. The predicted molar refractivity (Wildman–Crippen MR) is 113 cm³/mol. The van der Waals surface area contributed by atoms with E-state index in [1.807, 2.05) is 30.5 Å². The van der Waals surface area contributed by atoms with Crippen LogP contribution in [0.5, 0.6) is 0 Å². The van der Waals surface area contributed by atoms with E-state index in [2.05, 4.69) is 21.2 Å². The van der Waals surface area contributed by atoms with Crippen molar-refractivity contribution in [1.82, 2.24) is 21.2 Å². The first-order valence-corrected chi connectivity index (χ1v) is 9.79. The lowest BCUT2D eigenvalue weighted by atomic mass is 10.0. The molecule has 0 saturated heterocycles. The summed E-state index contributed by atoms with van der Waals surface area (Å²) < 4.78 is 5.35. The summed E-state index contributed by atoms with van der Waals surface area (Å²) in [4.78, 5) is 40.6. The van der Waals surface area contributed by atoms with Gasteiger partial charge in [0.05, 0.1) is 5.56 Å². The van der Waals surface area contributed by atoms with E-state index in [0.717, 1.165) is 16.5 Å². The Kier molecular flexibility index (Phi) is 6.25. The summed E-state index contributed by atoms with van der Waals surface area (Å²) in [5, 5.41) is 3.74. The minimum absolute atomic E-state index is 0.248. The average molecular weight is 410 g/mol. The van der Waals surface area contributed by atoms with E-state index in [0.29, 0.717) is 17.1 Å². The van der Waals surface area contributed by atoms with E-state index >= 15 is 0 Å². The molecule has 1 unspecified atom stereocenters. The molecule has 3 aromatic rings. The third-order valence-electron chi connectivity index (χ3n) is 4.84. The van der Waals surface area contributed by atoms with Crippen LogP contribution in [0.1, 0.15) is 41.3 Å².